The Morgan fingerprint density at radius 3 is 1.80 bits per heavy atom. The summed E-state index contributed by atoms with van der Waals surface area (Å²) in [5, 5.41) is 5.08. The number of aryl methyl sites for hydroxylation is 2. The van der Waals surface area contributed by atoms with E-state index in [-0.39, 0.29) is 13.2 Å². The Labute approximate surface area is 148 Å². The molecule has 0 fully saturated rings. The van der Waals surface area contributed by atoms with E-state index >= 15 is 0 Å². The molecule has 7 nitrogen and oxygen atoms in total. The lowest BCUT2D eigenvalue weighted by Gasteiger charge is -2.18. The average molecular weight is 350 g/mol. The van der Waals surface area contributed by atoms with Crippen LogP contribution in [0.15, 0.2) is 18.2 Å². The van der Waals surface area contributed by atoms with Gasteiger partial charge in [-0.2, -0.15) is 0 Å². The van der Waals surface area contributed by atoms with Gasteiger partial charge in [0.25, 0.3) is 0 Å². The summed E-state index contributed by atoms with van der Waals surface area (Å²) in [4.78, 5) is 36.2. The number of hydrogen-bond acceptors (Lipinski definition) is 5. The molecule has 2 N–H and O–H groups in total. The van der Waals surface area contributed by atoms with Crippen molar-refractivity contribution in [3.8, 4) is 0 Å². The molecular weight excluding hydrogens is 324 g/mol. The van der Waals surface area contributed by atoms with Gasteiger partial charge in [-0.15, -0.1) is 0 Å². The molecule has 0 unspecified atom stereocenters. The predicted molar refractivity (Wildman–Crippen MR) is 94.4 cm³/mol. The van der Waals surface area contributed by atoms with Crippen LogP contribution in [0.3, 0.4) is 0 Å². The molecule has 0 bridgehead atoms. The van der Waals surface area contributed by atoms with Gasteiger partial charge in [0.15, 0.2) is 0 Å². The van der Waals surface area contributed by atoms with E-state index in [4.69, 9.17) is 9.47 Å². The van der Waals surface area contributed by atoms with E-state index in [9.17, 15) is 14.4 Å². The van der Waals surface area contributed by atoms with Crippen LogP contribution in [0.5, 0.6) is 0 Å². The van der Waals surface area contributed by atoms with Crippen LogP contribution in [-0.4, -0.2) is 37.2 Å². The number of anilines is 1. The first-order valence-corrected chi connectivity index (χ1v) is 8.49. The number of nitrogens with one attached hydrogen (secondary N) is 2. The minimum atomic E-state index is -1.50. The molecule has 25 heavy (non-hydrogen) atoms. The Hall–Kier alpha value is -2.57. The summed E-state index contributed by atoms with van der Waals surface area (Å²) in [7, 11) is 0. The smallest absolute Gasteiger partial charge is 0.340 e. The Morgan fingerprint density at radius 1 is 0.920 bits per heavy atom. The van der Waals surface area contributed by atoms with Gasteiger partial charge < -0.3 is 20.1 Å². The fourth-order valence-corrected chi connectivity index (χ4v) is 2.35. The zero-order chi connectivity index (χ0) is 18.8. The molecule has 0 saturated carbocycles. The van der Waals surface area contributed by atoms with Crippen LogP contribution in [0.1, 0.15) is 38.8 Å². The van der Waals surface area contributed by atoms with Crippen molar-refractivity contribution in [2.24, 2.45) is 0 Å². The van der Waals surface area contributed by atoms with Crippen LogP contribution in [0.2, 0.25) is 0 Å². The maximum Gasteiger partial charge on any atom is 0.340 e. The van der Waals surface area contributed by atoms with E-state index in [1.165, 1.54) is 0 Å². The first kappa shape index (κ1) is 20.5. The number of benzene rings is 1. The molecule has 2 amide bonds. The molecule has 1 aromatic rings. The maximum atomic E-state index is 12.3. The van der Waals surface area contributed by atoms with E-state index < -0.39 is 24.0 Å². The second-order valence-electron chi connectivity index (χ2n) is 5.19. The normalized spacial score (nSPS) is 10.3. The van der Waals surface area contributed by atoms with E-state index in [1.54, 1.807) is 13.8 Å². The molecule has 1 rings (SSSR count). The van der Waals surface area contributed by atoms with E-state index in [2.05, 4.69) is 10.6 Å². The molecule has 0 aliphatic rings. The molecule has 0 aromatic heterocycles. The Morgan fingerprint density at radius 2 is 1.40 bits per heavy atom. The van der Waals surface area contributed by atoms with Gasteiger partial charge in [0.1, 0.15) is 0 Å². The van der Waals surface area contributed by atoms with Crippen LogP contribution in [-0.2, 0) is 31.9 Å². The second-order valence-corrected chi connectivity index (χ2v) is 5.19. The number of ether oxygens (including phenoxy) is 2. The SMILES string of the molecule is CCOC(=O)C(NC(=O)Nc1c(CC)cccc1CC)C(=O)OCC. The van der Waals surface area contributed by atoms with Crippen molar-refractivity contribution in [2.75, 3.05) is 18.5 Å². The number of esters is 2. The lowest BCUT2D eigenvalue weighted by atomic mass is 10.0. The van der Waals surface area contributed by atoms with Gasteiger partial charge in [0.2, 0.25) is 6.04 Å². The van der Waals surface area contributed by atoms with Crippen LogP contribution in [0.4, 0.5) is 10.5 Å². The summed E-state index contributed by atoms with van der Waals surface area (Å²) in [5.74, 6) is -1.70. The number of carbonyl (C=O) groups is 3. The molecule has 1 aromatic carbocycles. The first-order valence-electron chi connectivity index (χ1n) is 8.49. The molecule has 0 heterocycles. The van der Waals surface area contributed by atoms with Crippen molar-refractivity contribution in [1.29, 1.82) is 0 Å². The van der Waals surface area contributed by atoms with Crippen LogP contribution in [0, 0.1) is 0 Å². The Balaban J connectivity index is 2.94. The van der Waals surface area contributed by atoms with Gasteiger partial charge in [-0.25, -0.2) is 14.4 Å². The van der Waals surface area contributed by atoms with Crippen molar-refractivity contribution in [3.63, 3.8) is 0 Å². The summed E-state index contributed by atoms with van der Waals surface area (Å²) >= 11 is 0. The van der Waals surface area contributed by atoms with Crippen LogP contribution < -0.4 is 10.6 Å². The molecule has 7 heteroatoms. The van der Waals surface area contributed by atoms with Gasteiger partial charge in [0.05, 0.1) is 13.2 Å². The molecule has 138 valence electrons. The molecule has 0 spiro atoms. The zero-order valence-corrected chi connectivity index (χ0v) is 15.2. The number of amides is 2. The molecule has 0 atom stereocenters. The third-order valence-electron chi connectivity index (χ3n) is 3.56. The largest absolute Gasteiger partial charge is 0.464 e. The van der Waals surface area contributed by atoms with Gasteiger partial charge >= 0.3 is 18.0 Å². The zero-order valence-electron chi connectivity index (χ0n) is 15.2. The molecule has 0 radical (unpaired) electrons. The van der Waals surface area contributed by atoms with Gasteiger partial charge in [-0.1, -0.05) is 32.0 Å². The van der Waals surface area contributed by atoms with Gasteiger partial charge in [-0.05, 0) is 37.8 Å². The monoisotopic (exact) mass is 350 g/mol. The third-order valence-corrected chi connectivity index (χ3v) is 3.56. The summed E-state index contributed by atoms with van der Waals surface area (Å²) in [6.07, 6.45) is 1.48. The van der Waals surface area contributed by atoms with Crippen molar-refractivity contribution < 1.29 is 23.9 Å². The van der Waals surface area contributed by atoms with E-state index in [0.29, 0.717) is 5.69 Å². The molecule has 0 aliphatic heterocycles. The summed E-state index contributed by atoms with van der Waals surface area (Å²) in [6.45, 7) is 7.39. The van der Waals surface area contributed by atoms with E-state index in [1.807, 2.05) is 32.0 Å². The quantitative estimate of drug-likeness (QED) is 0.555. The Kier molecular flexibility index (Phi) is 8.46. The lowest BCUT2D eigenvalue weighted by molar-refractivity contribution is -0.157. The van der Waals surface area contributed by atoms with E-state index in [0.717, 1.165) is 24.0 Å². The fraction of sp³-hybridized carbons (Fsp3) is 0.500. The highest BCUT2D eigenvalue weighted by Gasteiger charge is 2.31. The van der Waals surface area contributed by atoms with Crippen LogP contribution >= 0.6 is 0 Å². The van der Waals surface area contributed by atoms with Crippen molar-refractivity contribution in [1.82, 2.24) is 5.32 Å². The predicted octanol–water partition coefficient (Wildman–Crippen LogP) is 2.43. The summed E-state index contributed by atoms with van der Waals surface area (Å²) < 4.78 is 9.66. The van der Waals surface area contributed by atoms with Crippen molar-refractivity contribution >= 4 is 23.7 Å². The number of hydrogen-bond donors (Lipinski definition) is 2. The summed E-state index contributed by atoms with van der Waals surface area (Å²) in [6, 6.07) is 3.60. The highest BCUT2D eigenvalue weighted by Crippen LogP contribution is 2.22. The fourth-order valence-electron chi connectivity index (χ4n) is 2.35. The standard InChI is InChI=1S/C18H26N2O5/c1-5-12-10-9-11-13(6-2)14(12)19-18(23)20-15(16(21)24-7-3)17(22)25-8-4/h9-11,15H,5-8H2,1-4H3,(H2,19,20,23). The maximum absolute atomic E-state index is 12.3. The molecule has 0 aliphatic carbocycles. The molecule has 0 saturated heterocycles. The highest BCUT2D eigenvalue weighted by atomic mass is 16.6. The summed E-state index contributed by atoms with van der Waals surface area (Å²) in [5.41, 5.74) is 2.63. The topological polar surface area (TPSA) is 93.7 Å². The number of rotatable bonds is 8. The second kappa shape index (κ2) is 10.3. The number of urea groups is 1. The minimum Gasteiger partial charge on any atom is -0.464 e. The average Bonchev–Trinajstić information content (AvgIpc) is 2.60. The van der Waals surface area contributed by atoms with Crippen molar-refractivity contribution in [2.45, 2.75) is 46.6 Å². The van der Waals surface area contributed by atoms with Gasteiger partial charge in [0, 0.05) is 5.69 Å². The van der Waals surface area contributed by atoms with Gasteiger partial charge in [-0.3, -0.25) is 0 Å². The lowest BCUT2D eigenvalue weighted by Crippen LogP contribution is -2.49. The third kappa shape index (κ3) is 5.77. The highest BCUT2D eigenvalue weighted by molar-refractivity contribution is 6.04. The van der Waals surface area contributed by atoms with Crippen molar-refractivity contribution in [3.05, 3.63) is 29.3 Å². The minimum absolute atomic E-state index is 0.0939. The number of para-hydroxylation sites is 1. The molecular formula is C18H26N2O5. The number of carbonyl (C=O) groups excluding carboxylic acids is 3. The Bertz CT molecular complexity index is 575. The first-order chi connectivity index (χ1) is 12.0. The van der Waals surface area contributed by atoms with Crippen LogP contribution in [0.25, 0.3) is 0 Å².